The summed E-state index contributed by atoms with van der Waals surface area (Å²) in [5, 5.41) is 77.6. The third-order valence-electron chi connectivity index (χ3n) is 5.29. The summed E-state index contributed by atoms with van der Waals surface area (Å²) in [4.78, 5) is 0. The minimum Gasteiger partial charge on any atom is -0.462 e. The molecular formula is C19H28O12. The smallest absolute Gasteiger partial charge is 0.229 e. The van der Waals surface area contributed by atoms with Crippen molar-refractivity contribution in [2.45, 2.75) is 68.0 Å². The minimum atomic E-state index is -1.55. The topological polar surface area (TPSA) is 199 Å². The van der Waals surface area contributed by atoms with Crippen LogP contribution < -0.4 is 4.74 Å². The number of ether oxygens (including phenoxy) is 4. The highest BCUT2D eigenvalue weighted by molar-refractivity contribution is 5.27. The predicted octanol–water partition coefficient (Wildman–Crippen LogP) is -3.82. The van der Waals surface area contributed by atoms with Gasteiger partial charge in [-0.05, 0) is 17.7 Å². The van der Waals surface area contributed by atoms with Crippen LogP contribution in [-0.4, -0.2) is 115 Å². The molecule has 0 amide bonds. The van der Waals surface area contributed by atoms with Gasteiger partial charge in [0.05, 0.1) is 19.8 Å². The van der Waals surface area contributed by atoms with E-state index in [1.165, 1.54) is 12.1 Å². The van der Waals surface area contributed by atoms with Crippen molar-refractivity contribution in [2.24, 2.45) is 0 Å². The summed E-state index contributed by atoms with van der Waals surface area (Å²) in [7, 11) is 0. The molecule has 12 nitrogen and oxygen atoms in total. The van der Waals surface area contributed by atoms with Crippen LogP contribution in [0, 0.1) is 0 Å². The first-order chi connectivity index (χ1) is 14.8. The highest BCUT2D eigenvalue weighted by Gasteiger charge is 2.45. The van der Waals surface area contributed by atoms with Crippen LogP contribution in [0.1, 0.15) is 5.56 Å². The molecule has 1 aromatic carbocycles. The zero-order chi connectivity index (χ0) is 22.7. The van der Waals surface area contributed by atoms with Crippen LogP contribution in [0.25, 0.3) is 0 Å². The summed E-state index contributed by atoms with van der Waals surface area (Å²) in [6.07, 6.45) is -13.8. The van der Waals surface area contributed by atoms with Crippen LogP contribution in [0.15, 0.2) is 24.3 Å². The predicted molar refractivity (Wildman–Crippen MR) is 99.4 cm³/mol. The van der Waals surface area contributed by atoms with E-state index in [2.05, 4.69) is 0 Å². The first-order valence-corrected chi connectivity index (χ1v) is 9.75. The van der Waals surface area contributed by atoms with Gasteiger partial charge in [0.2, 0.25) is 6.29 Å². The standard InChI is InChI=1S/C19H28O12/c20-5-10-12(22)14(24)16(26)18(30-10)28-7-8-1-3-9(4-2-8)29-19-17(27)15(25)13(23)11(6-21)31-19/h1-4,10-27H,5-7H2/t10?,11?,12-,13-,14?,15?,16?,17?,18-,19+/m1/s1. The van der Waals surface area contributed by atoms with Crippen LogP contribution in [-0.2, 0) is 20.8 Å². The highest BCUT2D eigenvalue weighted by atomic mass is 16.7. The monoisotopic (exact) mass is 448 g/mol. The zero-order valence-electron chi connectivity index (χ0n) is 16.4. The summed E-state index contributed by atoms with van der Waals surface area (Å²) in [6, 6.07) is 6.24. The summed E-state index contributed by atoms with van der Waals surface area (Å²) in [6.45, 7) is -1.17. The second-order valence-corrected chi connectivity index (χ2v) is 7.47. The fourth-order valence-corrected chi connectivity index (χ4v) is 3.35. The van der Waals surface area contributed by atoms with Crippen molar-refractivity contribution in [1.82, 2.24) is 0 Å². The van der Waals surface area contributed by atoms with Crippen molar-refractivity contribution in [1.29, 1.82) is 0 Å². The van der Waals surface area contributed by atoms with Gasteiger partial charge in [-0.25, -0.2) is 0 Å². The maximum Gasteiger partial charge on any atom is 0.229 e. The lowest BCUT2D eigenvalue weighted by Gasteiger charge is -2.39. The molecule has 1 aromatic rings. The maximum absolute atomic E-state index is 10.0. The van der Waals surface area contributed by atoms with Crippen molar-refractivity contribution in [3.05, 3.63) is 29.8 Å². The first kappa shape index (κ1) is 24.2. The van der Waals surface area contributed by atoms with Crippen LogP contribution in [0.3, 0.4) is 0 Å². The van der Waals surface area contributed by atoms with Gasteiger partial charge in [-0.3, -0.25) is 0 Å². The van der Waals surface area contributed by atoms with Crippen molar-refractivity contribution >= 4 is 0 Å². The molecule has 0 spiro atoms. The van der Waals surface area contributed by atoms with Crippen molar-refractivity contribution in [2.75, 3.05) is 13.2 Å². The highest BCUT2D eigenvalue weighted by Crippen LogP contribution is 2.26. The molecule has 2 saturated heterocycles. The number of hydrogen-bond donors (Lipinski definition) is 8. The lowest BCUT2D eigenvalue weighted by atomic mass is 9.99. The molecule has 10 atom stereocenters. The molecule has 0 bridgehead atoms. The second kappa shape index (κ2) is 10.5. The van der Waals surface area contributed by atoms with Crippen LogP contribution in [0.5, 0.6) is 5.75 Å². The van der Waals surface area contributed by atoms with Crippen LogP contribution in [0.4, 0.5) is 0 Å². The Labute approximate surface area is 177 Å². The molecular weight excluding hydrogens is 420 g/mol. The molecule has 2 heterocycles. The Morgan fingerprint density at radius 2 is 1.13 bits per heavy atom. The molecule has 8 N–H and O–H groups in total. The van der Waals surface area contributed by atoms with Gasteiger partial charge in [-0.15, -0.1) is 0 Å². The fraction of sp³-hybridized carbons (Fsp3) is 0.684. The third kappa shape index (κ3) is 5.32. The molecule has 0 aliphatic carbocycles. The van der Waals surface area contributed by atoms with Gasteiger partial charge < -0.3 is 59.8 Å². The molecule has 3 rings (SSSR count). The van der Waals surface area contributed by atoms with E-state index in [1.54, 1.807) is 12.1 Å². The van der Waals surface area contributed by atoms with E-state index < -0.39 is 74.6 Å². The van der Waals surface area contributed by atoms with Gasteiger partial charge in [-0.1, -0.05) is 12.1 Å². The van der Waals surface area contributed by atoms with Gasteiger partial charge >= 0.3 is 0 Å². The minimum absolute atomic E-state index is 0.0387. The maximum atomic E-state index is 10.0. The second-order valence-electron chi connectivity index (χ2n) is 7.47. The molecule has 176 valence electrons. The summed E-state index contributed by atoms with van der Waals surface area (Å²) < 4.78 is 21.5. The van der Waals surface area contributed by atoms with Crippen molar-refractivity contribution in [3.63, 3.8) is 0 Å². The quantitative estimate of drug-likeness (QED) is 0.203. The summed E-state index contributed by atoms with van der Waals surface area (Å²) in [5.74, 6) is 0.265. The number of hydrogen-bond acceptors (Lipinski definition) is 12. The molecule has 0 radical (unpaired) electrons. The van der Waals surface area contributed by atoms with E-state index in [1.807, 2.05) is 0 Å². The molecule has 2 aliphatic heterocycles. The Morgan fingerprint density at radius 1 is 0.645 bits per heavy atom. The van der Waals surface area contributed by atoms with Gasteiger partial charge in [-0.2, -0.15) is 0 Å². The Morgan fingerprint density at radius 3 is 1.65 bits per heavy atom. The molecule has 6 unspecified atom stereocenters. The van der Waals surface area contributed by atoms with Crippen molar-refractivity contribution < 1.29 is 59.8 Å². The molecule has 0 saturated carbocycles. The number of aliphatic hydroxyl groups is 8. The van der Waals surface area contributed by atoms with E-state index in [-0.39, 0.29) is 12.4 Å². The van der Waals surface area contributed by atoms with Gasteiger partial charge in [0.25, 0.3) is 0 Å². The summed E-state index contributed by atoms with van der Waals surface area (Å²) in [5.41, 5.74) is 0.623. The lowest BCUT2D eigenvalue weighted by Crippen LogP contribution is -2.60. The summed E-state index contributed by atoms with van der Waals surface area (Å²) >= 11 is 0. The Hall–Kier alpha value is -1.42. The Balaban J connectivity index is 1.56. The van der Waals surface area contributed by atoms with Gasteiger partial charge in [0, 0.05) is 0 Å². The Bertz CT molecular complexity index is 683. The van der Waals surface area contributed by atoms with Gasteiger partial charge in [0.15, 0.2) is 6.29 Å². The number of aliphatic hydroxyl groups excluding tert-OH is 8. The van der Waals surface area contributed by atoms with E-state index in [0.29, 0.717) is 5.56 Å². The van der Waals surface area contributed by atoms with E-state index in [9.17, 15) is 40.9 Å². The zero-order valence-corrected chi connectivity index (χ0v) is 16.4. The number of rotatable bonds is 7. The number of benzene rings is 1. The average molecular weight is 448 g/mol. The first-order valence-electron chi connectivity index (χ1n) is 9.75. The SMILES string of the molecule is OCC1O[C@@H](OCc2ccc(O[C@H]3OC(CO)[C@@H](O)C(O)C3O)cc2)C(O)C(O)[C@@H]1O. The van der Waals surface area contributed by atoms with Crippen LogP contribution in [0.2, 0.25) is 0 Å². The molecule has 2 fully saturated rings. The normalized spacial score (nSPS) is 41.2. The largest absolute Gasteiger partial charge is 0.462 e. The van der Waals surface area contributed by atoms with E-state index in [0.717, 1.165) is 0 Å². The van der Waals surface area contributed by atoms with Crippen molar-refractivity contribution in [3.8, 4) is 5.75 Å². The van der Waals surface area contributed by atoms with Gasteiger partial charge in [0.1, 0.15) is 54.6 Å². The average Bonchev–Trinajstić information content (AvgIpc) is 2.78. The molecule has 12 heteroatoms. The molecule has 31 heavy (non-hydrogen) atoms. The van der Waals surface area contributed by atoms with E-state index >= 15 is 0 Å². The fourth-order valence-electron chi connectivity index (χ4n) is 3.35. The lowest BCUT2D eigenvalue weighted by molar-refractivity contribution is -0.304. The van der Waals surface area contributed by atoms with Crippen LogP contribution >= 0.6 is 0 Å². The molecule has 2 aliphatic rings. The third-order valence-corrected chi connectivity index (χ3v) is 5.29. The molecule has 0 aromatic heterocycles. The van der Waals surface area contributed by atoms with E-state index in [4.69, 9.17) is 18.9 Å². The Kier molecular flexibility index (Phi) is 8.18.